The van der Waals surface area contributed by atoms with Crippen molar-refractivity contribution in [2.24, 2.45) is 0 Å². The molecule has 0 amide bonds. The summed E-state index contributed by atoms with van der Waals surface area (Å²) in [4.78, 5) is 59.4. The Balaban J connectivity index is 3.54. The zero-order chi connectivity index (χ0) is 40.1. The maximum absolute atomic E-state index is 12.5. The first kappa shape index (κ1) is 47.1. The van der Waals surface area contributed by atoms with Gasteiger partial charge in [-0.1, -0.05) is 51.9 Å². The lowest BCUT2D eigenvalue weighted by Gasteiger charge is -2.34. The molecule has 1 rings (SSSR count). The van der Waals surface area contributed by atoms with Gasteiger partial charge < -0.3 is 39.6 Å². The van der Waals surface area contributed by atoms with Gasteiger partial charge in [0.1, 0.15) is 11.5 Å². The Morgan fingerprint density at radius 2 is 1.19 bits per heavy atom. The summed E-state index contributed by atoms with van der Waals surface area (Å²) in [7, 11) is -5.19. The van der Waals surface area contributed by atoms with E-state index in [1.54, 1.807) is 0 Å². The van der Waals surface area contributed by atoms with Gasteiger partial charge in [-0.3, -0.25) is 43.2 Å². The van der Waals surface area contributed by atoms with Crippen LogP contribution in [0.4, 0.5) is 0 Å². The molecule has 7 N–H and O–H groups in total. The van der Waals surface area contributed by atoms with Gasteiger partial charge >= 0.3 is 29.8 Å². The highest BCUT2D eigenvalue weighted by Gasteiger charge is 2.30. The maximum Gasteiger partial charge on any atom is 0.317 e. The fraction of sp³-hybridized carbons (Fsp3) is 0.645. The van der Waals surface area contributed by atoms with Crippen LogP contribution in [-0.2, 0) is 45.2 Å². The quantitative estimate of drug-likeness (QED) is 0.0314. The largest absolute Gasteiger partial charge is 0.490 e. The molecule has 0 radical (unpaired) electrons. The average molecular weight is 800 g/mol. The van der Waals surface area contributed by atoms with Crippen LogP contribution in [0.1, 0.15) is 58.3 Å². The Bertz CT molecular complexity index is 1480. The fourth-order valence-electron chi connectivity index (χ4n) is 5.23. The van der Waals surface area contributed by atoms with Crippen molar-refractivity contribution in [3.63, 3.8) is 0 Å². The maximum atomic E-state index is 12.5. The molecular formula is C31H49N3O17S2. The van der Waals surface area contributed by atoms with Crippen molar-refractivity contribution in [1.29, 1.82) is 0 Å². The molecule has 0 aliphatic rings. The van der Waals surface area contributed by atoms with Crippen LogP contribution >= 0.6 is 0 Å². The van der Waals surface area contributed by atoms with Crippen molar-refractivity contribution in [1.82, 2.24) is 14.7 Å². The van der Waals surface area contributed by atoms with E-state index in [1.165, 1.54) is 0 Å². The standard InChI is InChI=1S/C31H49N3O17S2/c1-2-3-4-5-6-7-8-9-12-50-24-13-23(52(45)46)14-25(53(47,48)49)31(24)51-21-22(34(19-29(41)42)20-30(43)44)15-32(16-26(35)36)10-11-33(17-27(37)38)18-28(39)40/h13-14,22H,2-12,15-21H2,1H3,(H,35,36)(H,37,38)(H,39,40)(H,41,42)(H,43,44)(H,45,46)(H,47,48,49). The van der Waals surface area contributed by atoms with Crippen molar-refractivity contribution in [2.45, 2.75) is 74.1 Å². The van der Waals surface area contributed by atoms with Crippen molar-refractivity contribution in [3.8, 4) is 11.5 Å². The molecule has 1 aromatic carbocycles. The summed E-state index contributed by atoms with van der Waals surface area (Å²) in [6.45, 7) is -3.85. The van der Waals surface area contributed by atoms with Gasteiger partial charge in [0.25, 0.3) is 10.1 Å². The third-order valence-corrected chi connectivity index (χ3v) is 9.12. The number of unbranched alkanes of at least 4 members (excludes halogenated alkanes) is 7. The molecule has 0 saturated heterocycles. The van der Waals surface area contributed by atoms with Crippen LogP contribution in [0.5, 0.6) is 11.5 Å². The predicted molar refractivity (Wildman–Crippen MR) is 185 cm³/mol. The summed E-state index contributed by atoms with van der Waals surface area (Å²) in [6.07, 6.45) is 7.49. The first-order valence-electron chi connectivity index (χ1n) is 16.6. The summed E-state index contributed by atoms with van der Waals surface area (Å²) < 4.78 is 68.3. The van der Waals surface area contributed by atoms with Gasteiger partial charge in [-0.25, -0.2) is 4.21 Å². The minimum Gasteiger partial charge on any atom is -0.490 e. The summed E-state index contributed by atoms with van der Waals surface area (Å²) in [6, 6.07) is 0.291. The van der Waals surface area contributed by atoms with E-state index >= 15 is 0 Å². The SMILES string of the molecule is CCCCCCCCCCOc1cc(S(=O)O)cc(S(=O)(=O)O)c1OCC(CN(CCN(CC(=O)O)CC(=O)O)CC(=O)O)N(CC(=O)O)CC(=O)O. The number of benzene rings is 1. The predicted octanol–water partition coefficient (Wildman–Crippen LogP) is 1.11. The molecule has 53 heavy (non-hydrogen) atoms. The summed E-state index contributed by atoms with van der Waals surface area (Å²) in [5.74, 6) is -8.20. The molecule has 0 spiro atoms. The van der Waals surface area contributed by atoms with Gasteiger partial charge in [-0.05, 0) is 12.5 Å². The molecule has 0 heterocycles. The second-order valence-corrected chi connectivity index (χ2v) is 14.4. The van der Waals surface area contributed by atoms with Gasteiger partial charge in [0.15, 0.2) is 22.6 Å². The lowest BCUT2D eigenvalue weighted by atomic mass is 10.1. The molecule has 20 nitrogen and oxygen atoms in total. The van der Waals surface area contributed by atoms with E-state index in [0.717, 1.165) is 65.7 Å². The van der Waals surface area contributed by atoms with E-state index in [2.05, 4.69) is 6.92 Å². The van der Waals surface area contributed by atoms with Gasteiger partial charge in [-0.15, -0.1) is 0 Å². The molecule has 0 aliphatic carbocycles. The first-order valence-corrected chi connectivity index (χ1v) is 19.2. The normalized spacial score (nSPS) is 12.9. The lowest BCUT2D eigenvalue weighted by molar-refractivity contribution is -0.144. The van der Waals surface area contributed by atoms with E-state index in [1.807, 2.05) is 0 Å². The van der Waals surface area contributed by atoms with Crippen LogP contribution in [-0.4, -0.2) is 163 Å². The molecule has 302 valence electrons. The van der Waals surface area contributed by atoms with Crippen molar-refractivity contribution < 1.29 is 80.7 Å². The fourth-order valence-corrected chi connectivity index (χ4v) is 6.40. The van der Waals surface area contributed by atoms with Gasteiger partial charge in [0.05, 0.1) is 50.3 Å². The van der Waals surface area contributed by atoms with Crippen LogP contribution < -0.4 is 9.47 Å². The smallest absolute Gasteiger partial charge is 0.317 e. The number of carbonyl (C=O) groups is 5. The highest BCUT2D eigenvalue weighted by atomic mass is 32.2. The van der Waals surface area contributed by atoms with Crippen LogP contribution in [0, 0.1) is 0 Å². The molecular weight excluding hydrogens is 750 g/mol. The van der Waals surface area contributed by atoms with E-state index in [9.17, 15) is 71.2 Å². The topological polar surface area (TPSA) is 306 Å². The number of aliphatic carboxylic acids is 5. The second-order valence-electron chi connectivity index (χ2n) is 12.1. The van der Waals surface area contributed by atoms with E-state index in [4.69, 9.17) is 9.47 Å². The first-order chi connectivity index (χ1) is 24.8. The number of rotatable bonds is 31. The number of hydrogen-bond donors (Lipinski definition) is 7. The average Bonchev–Trinajstić information content (AvgIpc) is 3.02. The van der Waals surface area contributed by atoms with Crippen LogP contribution in [0.25, 0.3) is 0 Å². The molecule has 0 aromatic heterocycles. The van der Waals surface area contributed by atoms with Crippen LogP contribution in [0.2, 0.25) is 0 Å². The molecule has 1 aromatic rings. The van der Waals surface area contributed by atoms with E-state index in [-0.39, 0.29) is 25.4 Å². The lowest BCUT2D eigenvalue weighted by Crippen LogP contribution is -2.52. The second kappa shape index (κ2) is 24.4. The van der Waals surface area contributed by atoms with Crippen molar-refractivity contribution in [3.05, 3.63) is 12.1 Å². The number of carboxylic acids is 5. The summed E-state index contributed by atoms with van der Waals surface area (Å²) in [5, 5.41) is 47.0. The Labute approximate surface area is 309 Å². The number of hydrogen-bond acceptors (Lipinski definition) is 13. The van der Waals surface area contributed by atoms with E-state index < -0.39 is 119 Å². The van der Waals surface area contributed by atoms with Crippen molar-refractivity contribution in [2.75, 3.05) is 65.6 Å². The Morgan fingerprint density at radius 3 is 1.66 bits per heavy atom. The number of nitrogens with zero attached hydrogens (tertiary/aromatic N) is 3. The third kappa shape index (κ3) is 20.2. The zero-order valence-electron chi connectivity index (χ0n) is 29.3. The highest BCUT2D eigenvalue weighted by Crippen LogP contribution is 2.37. The molecule has 0 bridgehead atoms. The Hall–Kier alpha value is -3.93. The molecule has 2 atom stereocenters. The summed E-state index contributed by atoms with van der Waals surface area (Å²) in [5.41, 5.74) is 0. The highest BCUT2D eigenvalue weighted by molar-refractivity contribution is 7.86. The molecule has 0 fully saturated rings. The minimum absolute atomic E-state index is 0.0130. The van der Waals surface area contributed by atoms with Gasteiger partial charge in [0.2, 0.25) is 0 Å². The molecule has 22 heteroatoms. The van der Waals surface area contributed by atoms with Crippen LogP contribution in [0.15, 0.2) is 21.9 Å². The van der Waals surface area contributed by atoms with Gasteiger partial charge in [0, 0.05) is 25.7 Å². The Kier molecular flexibility index (Phi) is 21.7. The monoisotopic (exact) mass is 799 g/mol. The molecule has 0 aliphatic heterocycles. The van der Waals surface area contributed by atoms with E-state index in [0.29, 0.717) is 12.5 Å². The Morgan fingerprint density at radius 1 is 0.717 bits per heavy atom. The summed E-state index contributed by atoms with van der Waals surface area (Å²) >= 11 is -2.76. The van der Waals surface area contributed by atoms with Crippen molar-refractivity contribution >= 4 is 51.0 Å². The number of carboxylic acid groups (broad SMARTS) is 5. The zero-order valence-corrected chi connectivity index (χ0v) is 31.0. The molecule has 2 unspecified atom stereocenters. The van der Waals surface area contributed by atoms with Gasteiger partial charge in [-0.2, -0.15) is 8.42 Å². The minimum atomic E-state index is -5.19. The van der Waals surface area contributed by atoms with Crippen LogP contribution in [0.3, 0.4) is 0 Å². The molecule has 0 saturated carbocycles. The third-order valence-electron chi connectivity index (χ3n) is 7.62. The number of ether oxygens (including phenoxy) is 2.